The van der Waals surface area contributed by atoms with Gasteiger partial charge in [-0.25, -0.2) is 13.2 Å². The van der Waals surface area contributed by atoms with Gasteiger partial charge in [-0.15, -0.1) is 11.3 Å². The maximum Gasteiger partial charge on any atom is 0.341 e. The maximum absolute atomic E-state index is 12.6. The van der Waals surface area contributed by atoms with E-state index in [9.17, 15) is 22.8 Å². The highest BCUT2D eigenvalue weighted by Crippen LogP contribution is 2.37. The summed E-state index contributed by atoms with van der Waals surface area (Å²) in [6.45, 7) is 4.17. The van der Waals surface area contributed by atoms with Gasteiger partial charge in [0.05, 0.1) is 29.4 Å². The van der Waals surface area contributed by atoms with Crippen LogP contribution in [0, 0.1) is 0 Å². The van der Waals surface area contributed by atoms with E-state index in [1.807, 2.05) is 0 Å². The van der Waals surface area contributed by atoms with E-state index in [-0.39, 0.29) is 29.4 Å². The molecular formula is C21H23ClN2O6S2. The van der Waals surface area contributed by atoms with Crippen molar-refractivity contribution in [2.45, 2.75) is 38.1 Å². The second-order valence-electron chi connectivity index (χ2n) is 7.19. The van der Waals surface area contributed by atoms with E-state index < -0.39 is 27.5 Å². The van der Waals surface area contributed by atoms with Gasteiger partial charge in [0.25, 0.3) is 0 Å². The van der Waals surface area contributed by atoms with Gasteiger partial charge in [0.2, 0.25) is 11.8 Å². The highest BCUT2D eigenvalue weighted by atomic mass is 35.5. The zero-order valence-corrected chi connectivity index (χ0v) is 20.0. The van der Waals surface area contributed by atoms with E-state index in [0.29, 0.717) is 29.5 Å². The number of sulfone groups is 1. The number of carbonyl (C=O) groups excluding carboxylic acids is 3. The third-order valence-electron chi connectivity index (χ3n) is 5.01. The number of ether oxygens (including phenoxy) is 1. The highest BCUT2D eigenvalue weighted by molar-refractivity contribution is 7.91. The Bertz CT molecular complexity index is 1140. The van der Waals surface area contributed by atoms with Gasteiger partial charge in [-0.1, -0.05) is 11.6 Å². The van der Waals surface area contributed by atoms with Crippen molar-refractivity contribution in [3.05, 3.63) is 45.3 Å². The van der Waals surface area contributed by atoms with Crippen molar-refractivity contribution in [2.24, 2.45) is 0 Å². The molecular weight excluding hydrogens is 476 g/mol. The molecule has 0 atom stereocenters. The summed E-state index contributed by atoms with van der Waals surface area (Å²) in [6.07, 6.45) is 0.190. The van der Waals surface area contributed by atoms with Gasteiger partial charge in [0.15, 0.2) is 9.84 Å². The molecule has 0 fully saturated rings. The molecule has 0 unspecified atom stereocenters. The number of nitrogens with zero attached hydrogens (tertiary/aromatic N) is 1. The van der Waals surface area contributed by atoms with Gasteiger partial charge in [-0.2, -0.15) is 0 Å². The van der Waals surface area contributed by atoms with Crippen LogP contribution in [0.15, 0.2) is 29.2 Å². The number of anilines is 1. The van der Waals surface area contributed by atoms with Crippen molar-refractivity contribution in [1.29, 1.82) is 0 Å². The molecule has 8 nitrogen and oxygen atoms in total. The Morgan fingerprint density at radius 1 is 1.22 bits per heavy atom. The zero-order valence-electron chi connectivity index (χ0n) is 17.6. The van der Waals surface area contributed by atoms with Gasteiger partial charge < -0.3 is 15.0 Å². The molecule has 0 saturated heterocycles. The van der Waals surface area contributed by atoms with Crippen LogP contribution in [-0.2, 0) is 37.1 Å². The average molecular weight is 499 g/mol. The fraction of sp³-hybridized carbons (Fsp3) is 0.381. The van der Waals surface area contributed by atoms with E-state index in [0.717, 1.165) is 10.4 Å². The standard InChI is InChI=1S/C21H23ClN2O6S2/c1-3-30-21(27)19-16-8-10-24(13(2)25)12-17(16)31-20(19)23-18(26)9-11-32(28,29)15-6-4-14(22)5-7-15/h4-7H,3,8-12H2,1-2H3,(H,23,26). The summed E-state index contributed by atoms with van der Waals surface area (Å²) in [7, 11) is -3.67. The van der Waals surface area contributed by atoms with Crippen molar-refractivity contribution in [1.82, 2.24) is 4.90 Å². The van der Waals surface area contributed by atoms with E-state index in [4.69, 9.17) is 16.3 Å². The quantitative estimate of drug-likeness (QED) is 0.586. The molecule has 1 aromatic heterocycles. The molecule has 0 radical (unpaired) electrons. The number of fused-ring (bicyclic) bond motifs is 1. The molecule has 2 aromatic rings. The summed E-state index contributed by atoms with van der Waals surface area (Å²) < 4.78 is 30.1. The van der Waals surface area contributed by atoms with Crippen molar-refractivity contribution >= 4 is 55.6 Å². The van der Waals surface area contributed by atoms with Crippen molar-refractivity contribution < 1.29 is 27.5 Å². The summed E-state index contributed by atoms with van der Waals surface area (Å²) in [5.74, 6) is -1.54. The van der Waals surface area contributed by atoms with Crippen LogP contribution in [0.4, 0.5) is 5.00 Å². The van der Waals surface area contributed by atoms with Crippen LogP contribution in [0.25, 0.3) is 0 Å². The fourth-order valence-electron chi connectivity index (χ4n) is 3.36. The van der Waals surface area contributed by atoms with Gasteiger partial charge in [-0.3, -0.25) is 9.59 Å². The monoisotopic (exact) mass is 498 g/mol. The first kappa shape index (κ1) is 24.2. The lowest BCUT2D eigenvalue weighted by Crippen LogP contribution is -2.34. The topological polar surface area (TPSA) is 110 Å². The Balaban J connectivity index is 1.77. The van der Waals surface area contributed by atoms with Gasteiger partial charge >= 0.3 is 5.97 Å². The molecule has 0 spiro atoms. The molecule has 11 heteroatoms. The number of hydrogen-bond donors (Lipinski definition) is 1. The molecule has 2 amide bonds. The lowest BCUT2D eigenvalue weighted by molar-refractivity contribution is -0.129. The number of hydrogen-bond acceptors (Lipinski definition) is 7. The lowest BCUT2D eigenvalue weighted by atomic mass is 10.0. The summed E-state index contributed by atoms with van der Waals surface area (Å²) in [4.78, 5) is 39.4. The Hall–Kier alpha value is -2.43. The highest BCUT2D eigenvalue weighted by Gasteiger charge is 2.30. The summed E-state index contributed by atoms with van der Waals surface area (Å²) in [5.41, 5.74) is 1.04. The molecule has 1 aromatic carbocycles. The number of rotatable bonds is 7. The molecule has 0 aliphatic carbocycles. The van der Waals surface area contributed by atoms with E-state index in [1.54, 1.807) is 11.8 Å². The predicted molar refractivity (Wildman–Crippen MR) is 122 cm³/mol. The van der Waals surface area contributed by atoms with Crippen LogP contribution in [-0.4, -0.2) is 50.0 Å². The van der Waals surface area contributed by atoms with E-state index >= 15 is 0 Å². The molecule has 172 valence electrons. The van der Waals surface area contributed by atoms with Crippen LogP contribution < -0.4 is 5.32 Å². The van der Waals surface area contributed by atoms with Gasteiger partial charge in [0, 0.05) is 29.8 Å². The zero-order chi connectivity index (χ0) is 23.5. The Kier molecular flexibility index (Phi) is 7.58. The molecule has 1 aliphatic heterocycles. The first-order valence-electron chi connectivity index (χ1n) is 9.97. The molecule has 0 bridgehead atoms. The molecule has 2 heterocycles. The number of halogens is 1. The summed E-state index contributed by atoms with van der Waals surface area (Å²) in [5, 5.41) is 3.40. The van der Waals surface area contributed by atoms with Crippen LogP contribution in [0.2, 0.25) is 5.02 Å². The Morgan fingerprint density at radius 3 is 2.53 bits per heavy atom. The number of amides is 2. The van der Waals surface area contributed by atoms with Crippen molar-refractivity contribution in [3.8, 4) is 0 Å². The smallest absolute Gasteiger partial charge is 0.341 e. The molecule has 3 rings (SSSR count). The van der Waals surface area contributed by atoms with Crippen molar-refractivity contribution in [3.63, 3.8) is 0 Å². The molecule has 32 heavy (non-hydrogen) atoms. The summed E-state index contributed by atoms with van der Waals surface area (Å²) >= 11 is 7.00. The van der Waals surface area contributed by atoms with Crippen LogP contribution in [0.5, 0.6) is 0 Å². The minimum Gasteiger partial charge on any atom is -0.462 e. The maximum atomic E-state index is 12.6. The minimum atomic E-state index is -3.67. The molecule has 1 aliphatic rings. The second kappa shape index (κ2) is 10.0. The lowest BCUT2D eigenvalue weighted by Gasteiger charge is -2.25. The summed E-state index contributed by atoms with van der Waals surface area (Å²) in [6, 6.07) is 5.73. The van der Waals surface area contributed by atoms with Crippen molar-refractivity contribution in [2.75, 3.05) is 24.2 Å². The number of carbonyl (C=O) groups is 3. The van der Waals surface area contributed by atoms with Crippen LogP contribution in [0.3, 0.4) is 0 Å². The second-order valence-corrected chi connectivity index (χ2v) is 10.8. The Morgan fingerprint density at radius 2 is 1.91 bits per heavy atom. The largest absolute Gasteiger partial charge is 0.462 e. The third-order valence-corrected chi connectivity index (χ3v) is 8.12. The normalized spacial score (nSPS) is 13.4. The number of benzene rings is 1. The predicted octanol–water partition coefficient (Wildman–Crippen LogP) is 3.29. The fourth-order valence-corrected chi connectivity index (χ4v) is 5.99. The Labute approximate surface area is 195 Å². The third kappa shape index (κ3) is 5.48. The van der Waals surface area contributed by atoms with Crippen LogP contribution in [0.1, 0.15) is 41.1 Å². The van der Waals surface area contributed by atoms with E-state index in [1.165, 1.54) is 42.5 Å². The minimum absolute atomic E-state index is 0.0697. The average Bonchev–Trinajstić information content (AvgIpc) is 3.09. The van der Waals surface area contributed by atoms with Gasteiger partial charge in [0.1, 0.15) is 5.00 Å². The number of nitrogens with one attached hydrogen (secondary N) is 1. The molecule has 0 saturated carbocycles. The first-order valence-corrected chi connectivity index (χ1v) is 12.8. The van der Waals surface area contributed by atoms with Crippen LogP contribution >= 0.6 is 22.9 Å². The SMILES string of the molecule is CCOC(=O)c1c(NC(=O)CCS(=O)(=O)c2ccc(Cl)cc2)sc2c1CCN(C(C)=O)C2. The number of thiophene rings is 1. The van der Waals surface area contributed by atoms with Gasteiger partial charge in [-0.05, 0) is 43.2 Å². The first-order chi connectivity index (χ1) is 15.1. The molecule has 1 N–H and O–H groups in total. The van der Waals surface area contributed by atoms with E-state index in [2.05, 4.69) is 5.32 Å². The number of esters is 1.